The minimum atomic E-state index is 0.112. The van der Waals surface area contributed by atoms with Crippen LogP contribution in [0.2, 0.25) is 0 Å². The topological polar surface area (TPSA) is 46.1 Å². The first-order valence-corrected chi connectivity index (χ1v) is 10.7. The number of thiazole rings is 1. The summed E-state index contributed by atoms with van der Waals surface area (Å²) in [5.41, 5.74) is 7.32. The lowest BCUT2D eigenvalue weighted by atomic mass is 9.93. The molecule has 4 nitrogen and oxygen atoms in total. The van der Waals surface area contributed by atoms with E-state index in [1.807, 2.05) is 11.8 Å². The van der Waals surface area contributed by atoms with Gasteiger partial charge in [-0.2, -0.15) is 0 Å². The fourth-order valence-electron chi connectivity index (χ4n) is 3.91. The molecule has 1 aliphatic rings. The lowest BCUT2D eigenvalue weighted by molar-refractivity contribution is 0.0710. The van der Waals surface area contributed by atoms with Gasteiger partial charge in [-0.05, 0) is 44.4 Å². The lowest BCUT2D eigenvalue weighted by Crippen LogP contribution is -2.39. The molecule has 0 radical (unpaired) electrons. The molecule has 1 atom stereocenters. The molecule has 1 aromatic carbocycles. The minimum Gasteiger partial charge on any atom is -0.337 e. The molecule has 1 fully saturated rings. The summed E-state index contributed by atoms with van der Waals surface area (Å²) >= 11 is 1.44. The molecule has 1 aliphatic heterocycles. The number of nitrogens with zero attached hydrogens (tertiary/aromatic N) is 3. The van der Waals surface area contributed by atoms with Crippen LogP contribution < -0.4 is 0 Å². The van der Waals surface area contributed by atoms with Crippen LogP contribution in [0.5, 0.6) is 0 Å². The Hall–Kier alpha value is -2.53. The van der Waals surface area contributed by atoms with E-state index >= 15 is 0 Å². The van der Waals surface area contributed by atoms with Crippen LogP contribution in [0.1, 0.15) is 56.6 Å². The Bertz CT molecular complexity index is 981. The van der Waals surface area contributed by atoms with Gasteiger partial charge in [0.25, 0.3) is 5.91 Å². The number of hydrogen-bond donors (Lipinski definition) is 0. The lowest BCUT2D eigenvalue weighted by Gasteiger charge is -2.32. The molecule has 4 rings (SSSR count). The Balaban J connectivity index is 1.49. The number of hydrogen-bond acceptors (Lipinski definition) is 4. The number of carbonyl (C=O) groups is 1. The molecular formula is C23H25N3OS. The van der Waals surface area contributed by atoms with E-state index in [-0.39, 0.29) is 5.91 Å². The molecule has 0 saturated carbocycles. The Morgan fingerprint density at radius 3 is 2.86 bits per heavy atom. The number of piperidine rings is 1. The second-order valence-corrected chi connectivity index (χ2v) is 8.43. The van der Waals surface area contributed by atoms with E-state index < -0.39 is 0 Å². The SMILES string of the molecule is Cc1cccc(Cc2cccc([C@@H]3CCCN(C(=O)c4scnc4C)C3)n2)c1. The molecule has 2 aromatic heterocycles. The van der Waals surface area contributed by atoms with Crippen LogP contribution in [-0.4, -0.2) is 33.9 Å². The number of aromatic nitrogens is 2. The van der Waals surface area contributed by atoms with Gasteiger partial charge in [0.2, 0.25) is 0 Å². The summed E-state index contributed by atoms with van der Waals surface area (Å²) in [7, 11) is 0. The fourth-order valence-corrected chi connectivity index (χ4v) is 4.68. The summed E-state index contributed by atoms with van der Waals surface area (Å²) in [5.74, 6) is 0.406. The van der Waals surface area contributed by atoms with Gasteiger partial charge >= 0.3 is 0 Å². The van der Waals surface area contributed by atoms with Crippen molar-refractivity contribution in [3.8, 4) is 0 Å². The highest BCUT2D eigenvalue weighted by Crippen LogP contribution is 2.28. The Morgan fingerprint density at radius 2 is 2.07 bits per heavy atom. The summed E-state index contributed by atoms with van der Waals surface area (Å²) in [4.78, 5) is 24.8. The molecule has 1 amide bonds. The van der Waals surface area contributed by atoms with Crippen LogP contribution >= 0.6 is 11.3 Å². The molecular weight excluding hydrogens is 366 g/mol. The highest BCUT2D eigenvalue weighted by atomic mass is 32.1. The predicted molar refractivity (Wildman–Crippen MR) is 113 cm³/mol. The molecule has 0 unspecified atom stereocenters. The molecule has 0 aliphatic carbocycles. The maximum atomic E-state index is 12.9. The molecule has 144 valence electrons. The van der Waals surface area contributed by atoms with E-state index in [0.717, 1.165) is 54.3 Å². The minimum absolute atomic E-state index is 0.112. The first kappa shape index (κ1) is 18.8. The summed E-state index contributed by atoms with van der Waals surface area (Å²) in [6.45, 7) is 5.57. The van der Waals surface area contributed by atoms with Crippen LogP contribution in [0.25, 0.3) is 0 Å². The average molecular weight is 392 g/mol. The van der Waals surface area contributed by atoms with Gasteiger partial charge in [-0.25, -0.2) is 4.98 Å². The van der Waals surface area contributed by atoms with Gasteiger partial charge in [0.1, 0.15) is 4.88 Å². The average Bonchev–Trinajstić information content (AvgIpc) is 3.14. The van der Waals surface area contributed by atoms with Gasteiger partial charge in [0.05, 0.1) is 11.2 Å². The second kappa shape index (κ2) is 8.23. The Morgan fingerprint density at radius 1 is 1.21 bits per heavy atom. The molecule has 3 heterocycles. The molecule has 0 N–H and O–H groups in total. The van der Waals surface area contributed by atoms with Crippen LogP contribution in [-0.2, 0) is 6.42 Å². The Kier molecular flexibility index (Phi) is 5.53. The monoisotopic (exact) mass is 391 g/mol. The molecule has 28 heavy (non-hydrogen) atoms. The van der Waals surface area contributed by atoms with Crippen molar-refractivity contribution in [2.24, 2.45) is 0 Å². The quantitative estimate of drug-likeness (QED) is 0.644. The normalized spacial score (nSPS) is 16.9. The highest BCUT2D eigenvalue weighted by Gasteiger charge is 2.28. The van der Waals surface area contributed by atoms with Crippen LogP contribution in [0.3, 0.4) is 0 Å². The number of rotatable bonds is 4. The summed E-state index contributed by atoms with van der Waals surface area (Å²) in [6, 6.07) is 14.9. The number of likely N-dealkylation sites (tertiary alicyclic amines) is 1. The van der Waals surface area contributed by atoms with Crippen LogP contribution in [0.4, 0.5) is 0 Å². The number of amides is 1. The summed E-state index contributed by atoms with van der Waals surface area (Å²) < 4.78 is 0. The van der Waals surface area contributed by atoms with E-state index in [1.165, 1.54) is 22.5 Å². The number of benzene rings is 1. The van der Waals surface area contributed by atoms with E-state index in [4.69, 9.17) is 4.98 Å². The van der Waals surface area contributed by atoms with Gasteiger partial charge in [0.15, 0.2) is 0 Å². The van der Waals surface area contributed by atoms with Crippen LogP contribution in [0.15, 0.2) is 48.0 Å². The van der Waals surface area contributed by atoms with Crippen LogP contribution in [0, 0.1) is 13.8 Å². The third-order valence-corrected chi connectivity index (χ3v) is 6.28. The largest absolute Gasteiger partial charge is 0.337 e. The zero-order valence-electron chi connectivity index (χ0n) is 16.4. The van der Waals surface area contributed by atoms with Crippen molar-refractivity contribution in [3.63, 3.8) is 0 Å². The van der Waals surface area contributed by atoms with Crippen molar-refractivity contribution in [3.05, 3.63) is 81.1 Å². The predicted octanol–water partition coefficient (Wildman–Crippen LogP) is 4.77. The maximum Gasteiger partial charge on any atom is 0.265 e. The van der Waals surface area contributed by atoms with Gasteiger partial charge in [0, 0.05) is 36.8 Å². The standard InChI is InChI=1S/C23H25N3OS/c1-16-6-3-7-18(12-16)13-20-9-4-10-21(25-20)19-8-5-11-26(14-19)23(27)22-17(2)24-15-28-22/h3-4,6-7,9-10,12,15,19H,5,8,11,13-14H2,1-2H3/t19-/m1/s1. The molecule has 1 saturated heterocycles. The van der Waals surface area contributed by atoms with Gasteiger partial charge < -0.3 is 4.90 Å². The van der Waals surface area contributed by atoms with Crippen molar-refractivity contribution < 1.29 is 4.79 Å². The number of carbonyl (C=O) groups excluding carboxylic acids is 1. The van der Waals surface area contributed by atoms with Crippen molar-refractivity contribution in [1.29, 1.82) is 0 Å². The van der Waals surface area contributed by atoms with Crippen molar-refractivity contribution in [1.82, 2.24) is 14.9 Å². The molecule has 5 heteroatoms. The fraction of sp³-hybridized carbons (Fsp3) is 0.348. The van der Waals surface area contributed by atoms with Gasteiger partial charge in [-0.15, -0.1) is 11.3 Å². The van der Waals surface area contributed by atoms with E-state index in [2.05, 4.69) is 54.4 Å². The smallest absolute Gasteiger partial charge is 0.265 e. The van der Waals surface area contributed by atoms with Crippen molar-refractivity contribution in [2.75, 3.05) is 13.1 Å². The number of aryl methyl sites for hydroxylation is 2. The van der Waals surface area contributed by atoms with Gasteiger partial charge in [-0.1, -0.05) is 35.9 Å². The first-order valence-electron chi connectivity index (χ1n) is 9.81. The van der Waals surface area contributed by atoms with E-state index in [9.17, 15) is 4.79 Å². The second-order valence-electron chi connectivity index (χ2n) is 7.58. The zero-order chi connectivity index (χ0) is 19.5. The van der Waals surface area contributed by atoms with E-state index in [0.29, 0.717) is 5.92 Å². The first-order chi connectivity index (χ1) is 13.6. The molecule has 3 aromatic rings. The molecule has 0 spiro atoms. The van der Waals surface area contributed by atoms with Crippen molar-refractivity contribution >= 4 is 17.2 Å². The van der Waals surface area contributed by atoms with Crippen molar-refractivity contribution in [2.45, 2.75) is 39.0 Å². The number of pyridine rings is 1. The zero-order valence-corrected chi connectivity index (χ0v) is 17.2. The third kappa shape index (κ3) is 4.14. The maximum absolute atomic E-state index is 12.9. The molecule has 0 bridgehead atoms. The summed E-state index contributed by atoms with van der Waals surface area (Å²) in [5, 5.41) is 0. The van der Waals surface area contributed by atoms with E-state index in [1.54, 1.807) is 5.51 Å². The summed E-state index contributed by atoms with van der Waals surface area (Å²) in [6.07, 6.45) is 2.93. The Labute approximate surface area is 170 Å². The highest BCUT2D eigenvalue weighted by molar-refractivity contribution is 7.11. The van der Waals surface area contributed by atoms with Gasteiger partial charge in [-0.3, -0.25) is 9.78 Å². The third-order valence-electron chi connectivity index (χ3n) is 5.36.